The van der Waals surface area contributed by atoms with Crippen LogP contribution in [0, 0.1) is 5.92 Å². The van der Waals surface area contributed by atoms with Crippen LogP contribution in [0.25, 0.3) is 10.8 Å². The van der Waals surface area contributed by atoms with Crippen molar-refractivity contribution in [2.24, 2.45) is 5.92 Å². The number of carbonyl (C=O) groups excluding carboxylic acids is 1. The first kappa shape index (κ1) is 13.0. The molecule has 108 valence electrons. The van der Waals surface area contributed by atoms with Crippen molar-refractivity contribution in [3.63, 3.8) is 0 Å². The Hall–Kier alpha value is -1.67. The summed E-state index contributed by atoms with van der Waals surface area (Å²) >= 11 is 0. The van der Waals surface area contributed by atoms with Gasteiger partial charge in [0, 0.05) is 23.6 Å². The van der Waals surface area contributed by atoms with Gasteiger partial charge in [-0.05, 0) is 42.5 Å². The molecule has 0 radical (unpaired) electrons. The first-order valence-corrected chi connectivity index (χ1v) is 8.09. The van der Waals surface area contributed by atoms with Crippen LogP contribution in [0.15, 0.2) is 42.5 Å². The molecule has 2 heterocycles. The molecule has 21 heavy (non-hydrogen) atoms. The highest BCUT2D eigenvalue weighted by Gasteiger charge is 2.34. The van der Waals surface area contributed by atoms with Crippen LogP contribution in [0.3, 0.4) is 0 Å². The smallest absolute Gasteiger partial charge is 0.166 e. The lowest BCUT2D eigenvalue weighted by Gasteiger charge is -2.39. The average Bonchev–Trinajstić information content (AvgIpc) is 2.53. The van der Waals surface area contributed by atoms with Gasteiger partial charge in [-0.25, -0.2) is 0 Å². The molecular formula is C19H21NO. The summed E-state index contributed by atoms with van der Waals surface area (Å²) in [6.07, 6.45) is 5.82. The van der Waals surface area contributed by atoms with Crippen LogP contribution in [0.4, 0.5) is 0 Å². The number of nitrogens with one attached hydrogen (secondary N) is 1. The largest absolute Gasteiger partial charge is 0.311 e. The molecule has 2 aliphatic rings. The molecule has 0 spiro atoms. The van der Waals surface area contributed by atoms with Crippen molar-refractivity contribution in [2.75, 3.05) is 0 Å². The molecule has 2 bridgehead atoms. The zero-order valence-corrected chi connectivity index (χ0v) is 12.2. The lowest BCUT2D eigenvalue weighted by atomic mass is 9.77. The van der Waals surface area contributed by atoms with E-state index >= 15 is 0 Å². The van der Waals surface area contributed by atoms with E-state index in [-0.39, 0.29) is 5.92 Å². The van der Waals surface area contributed by atoms with E-state index in [0.717, 1.165) is 23.8 Å². The van der Waals surface area contributed by atoms with E-state index in [0.29, 0.717) is 17.9 Å². The maximum atomic E-state index is 12.8. The van der Waals surface area contributed by atoms with Crippen LogP contribution in [0.1, 0.15) is 42.5 Å². The van der Waals surface area contributed by atoms with Gasteiger partial charge in [-0.3, -0.25) is 4.79 Å². The third-order valence-electron chi connectivity index (χ3n) is 5.12. The highest BCUT2D eigenvalue weighted by Crippen LogP contribution is 2.32. The number of carbonyl (C=O) groups is 1. The molecule has 2 nitrogen and oxygen atoms in total. The van der Waals surface area contributed by atoms with Gasteiger partial charge >= 0.3 is 0 Å². The minimum absolute atomic E-state index is 0.211. The molecule has 2 saturated heterocycles. The lowest BCUT2D eigenvalue weighted by Crippen LogP contribution is -2.50. The topological polar surface area (TPSA) is 29.1 Å². The van der Waals surface area contributed by atoms with Crippen LogP contribution in [-0.2, 0) is 0 Å². The van der Waals surface area contributed by atoms with Crippen LogP contribution >= 0.6 is 0 Å². The zero-order valence-electron chi connectivity index (χ0n) is 12.2. The molecule has 2 aromatic carbocycles. The average molecular weight is 279 g/mol. The Kier molecular flexibility index (Phi) is 3.27. The molecular weight excluding hydrogens is 258 g/mol. The molecule has 1 N–H and O–H groups in total. The fourth-order valence-electron chi connectivity index (χ4n) is 4.06. The summed E-state index contributed by atoms with van der Waals surface area (Å²) in [6, 6.07) is 15.5. The third-order valence-corrected chi connectivity index (χ3v) is 5.12. The maximum Gasteiger partial charge on any atom is 0.166 e. The van der Waals surface area contributed by atoms with Crippen molar-refractivity contribution in [2.45, 2.75) is 44.2 Å². The van der Waals surface area contributed by atoms with Crippen LogP contribution in [-0.4, -0.2) is 17.9 Å². The van der Waals surface area contributed by atoms with E-state index in [9.17, 15) is 4.79 Å². The number of benzene rings is 2. The molecule has 0 amide bonds. The maximum absolute atomic E-state index is 12.8. The standard InChI is InChI=1S/C19H21NO/c21-19(16-11-17-6-3-7-18(12-16)20-17)15-9-8-13-4-1-2-5-14(13)10-15/h1-2,4-5,8-10,16-18,20H,3,6-7,11-12H2. The SMILES string of the molecule is O=C(c1ccc2ccccc2c1)C1CC2CCCC(C1)N2. The van der Waals surface area contributed by atoms with Gasteiger partial charge in [0.15, 0.2) is 5.78 Å². The van der Waals surface area contributed by atoms with Crippen LogP contribution in [0.5, 0.6) is 0 Å². The fraction of sp³-hybridized carbons (Fsp3) is 0.421. The number of rotatable bonds is 2. The summed E-state index contributed by atoms with van der Waals surface area (Å²) in [7, 11) is 0. The van der Waals surface area contributed by atoms with E-state index in [1.54, 1.807) is 0 Å². The number of hydrogen-bond acceptors (Lipinski definition) is 2. The van der Waals surface area contributed by atoms with Gasteiger partial charge in [-0.1, -0.05) is 42.8 Å². The van der Waals surface area contributed by atoms with E-state index in [2.05, 4.69) is 29.6 Å². The minimum Gasteiger partial charge on any atom is -0.311 e. The molecule has 0 saturated carbocycles. The van der Waals surface area contributed by atoms with Gasteiger partial charge in [0.25, 0.3) is 0 Å². The number of hydrogen-bond donors (Lipinski definition) is 1. The number of ketones is 1. The van der Waals surface area contributed by atoms with Gasteiger partial charge in [0.2, 0.25) is 0 Å². The molecule has 2 atom stereocenters. The summed E-state index contributed by atoms with van der Waals surface area (Å²) in [5.41, 5.74) is 0.888. The van der Waals surface area contributed by atoms with Crippen molar-refractivity contribution in [1.29, 1.82) is 0 Å². The zero-order chi connectivity index (χ0) is 14.2. The fourth-order valence-corrected chi connectivity index (χ4v) is 4.06. The summed E-state index contributed by atoms with van der Waals surface area (Å²) in [5, 5.41) is 6.04. The Morgan fingerprint density at radius 3 is 2.43 bits per heavy atom. The van der Waals surface area contributed by atoms with Crippen molar-refractivity contribution < 1.29 is 4.79 Å². The minimum atomic E-state index is 0.211. The lowest BCUT2D eigenvalue weighted by molar-refractivity contribution is 0.0825. The van der Waals surface area contributed by atoms with Crippen molar-refractivity contribution in [3.05, 3.63) is 48.0 Å². The van der Waals surface area contributed by atoms with Crippen LogP contribution in [0.2, 0.25) is 0 Å². The summed E-state index contributed by atoms with van der Waals surface area (Å²) in [6.45, 7) is 0. The highest BCUT2D eigenvalue weighted by molar-refractivity contribution is 6.01. The Morgan fingerprint density at radius 1 is 0.952 bits per heavy atom. The van der Waals surface area contributed by atoms with Crippen molar-refractivity contribution in [1.82, 2.24) is 5.32 Å². The predicted molar refractivity (Wildman–Crippen MR) is 85.6 cm³/mol. The molecule has 0 aromatic heterocycles. The molecule has 2 fully saturated rings. The second-order valence-electron chi connectivity index (χ2n) is 6.59. The van der Waals surface area contributed by atoms with E-state index in [4.69, 9.17) is 0 Å². The quantitative estimate of drug-likeness (QED) is 0.844. The van der Waals surface area contributed by atoms with E-state index in [1.807, 2.05) is 18.2 Å². The Balaban J connectivity index is 1.60. The third kappa shape index (κ3) is 2.49. The van der Waals surface area contributed by atoms with Gasteiger partial charge < -0.3 is 5.32 Å². The van der Waals surface area contributed by atoms with Crippen molar-refractivity contribution >= 4 is 16.6 Å². The first-order chi connectivity index (χ1) is 10.3. The van der Waals surface area contributed by atoms with Crippen molar-refractivity contribution in [3.8, 4) is 0 Å². The Morgan fingerprint density at radius 2 is 1.67 bits per heavy atom. The Labute approximate surface area is 125 Å². The predicted octanol–water partition coefficient (Wildman–Crippen LogP) is 3.94. The monoisotopic (exact) mass is 279 g/mol. The Bertz CT molecular complexity index is 666. The molecule has 4 rings (SSSR count). The van der Waals surface area contributed by atoms with E-state index < -0.39 is 0 Å². The summed E-state index contributed by atoms with van der Waals surface area (Å²) in [5.74, 6) is 0.557. The van der Waals surface area contributed by atoms with Gasteiger partial charge in [0.05, 0.1) is 0 Å². The van der Waals surface area contributed by atoms with Gasteiger partial charge in [-0.2, -0.15) is 0 Å². The molecule has 0 aliphatic carbocycles. The summed E-state index contributed by atoms with van der Waals surface area (Å²) < 4.78 is 0. The second kappa shape index (κ2) is 5.27. The normalized spacial score (nSPS) is 28.5. The number of piperidine rings is 2. The van der Waals surface area contributed by atoms with E-state index in [1.165, 1.54) is 24.6 Å². The first-order valence-electron chi connectivity index (χ1n) is 8.09. The van der Waals surface area contributed by atoms with Crippen LogP contribution < -0.4 is 5.32 Å². The molecule has 2 heteroatoms. The number of fused-ring (bicyclic) bond motifs is 3. The molecule has 2 aromatic rings. The number of Topliss-reactive ketones (excluding diaryl/α,β-unsaturated/α-hetero) is 1. The van der Waals surface area contributed by atoms with Gasteiger partial charge in [0.1, 0.15) is 0 Å². The second-order valence-corrected chi connectivity index (χ2v) is 6.59. The van der Waals surface area contributed by atoms with Gasteiger partial charge in [-0.15, -0.1) is 0 Å². The molecule has 2 unspecified atom stereocenters. The molecule has 2 aliphatic heterocycles. The summed E-state index contributed by atoms with van der Waals surface area (Å²) in [4.78, 5) is 12.8. The highest BCUT2D eigenvalue weighted by atomic mass is 16.1.